The van der Waals surface area contributed by atoms with Crippen molar-refractivity contribution < 1.29 is 9.59 Å². The molecule has 0 heterocycles. The second-order valence-electron chi connectivity index (χ2n) is 5.06. The van der Waals surface area contributed by atoms with Crippen LogP contribution in [0.5, 0.6) is 0 Å². The fraction of sp³-hybridized carbons (Fsp3) is 0.786. The van der Waals surface area contributed by atoms with Crippen molar-refractivity contribution in [3.05, 3.63) is 0 Å². The molecule has 0 spiro atoms. The number of carbonyl (C=O) groups excluding carboxylic acids is 2. The molecule has 114 valence electrons. The van der Waals surface area contributed by atoms with Crippen LogP contribution in [0.3, 0.4) is 0 Å². The molecule has 0 atom stereocenters. The number of amides is 2. The van der Waals surface area contributed by atoms with Gasteiger partial charge >= 0.3 is 0 Å². The number of likely N-dealkylation sites (N-methyl/N-ethyl adjacent to an activating group) is 1. The van der Waals surface area contributed by atoms with Gasteiger partial charge in [0.2, 0.25) is 11.8 Å². The molecule has 0 aromatic rings. The van der Waals surface area contributed by atoms with Crippen molar-refractivity contribution in [1.82, 2.24) is 15.1 Å². The average molecular weight is 282 g/mol. The Bertz CT molecular complexity index is 350. The maximum absolute atomic E-state index is 11.8. The fourth-order valence-corrected chi connectivity index (χ4v) is 1.71. The van der Waals surface area contributed by atoms with E-state index in [1.807, 2.05) is 31.7 Å². The van der Waals surface area contributed by atoms with E-state index >= 15 is 0 Å². The van der Waals surface area contributed by atoms with E-state index in [4.69, 9.17) is 5.26 Å². The summed E-state index contributed by atoms with van der Waals surface area (Å²) >= 11 is 0. The summed E-state index contributed by atoms with van der Waals surface area (Å²) in [7, 11) is 1.70. The normalized spacial score (nSPS) is 10.4. The summed E-state index contributed by atoms with van der Waals surface area (Å²) in [6, 6.07) is 2.14. The third-order valence-electron chi connectivity index (χ3n) is 2.89. The van der Waals surface area contributed by atoms with Gasteiger partial charge in [-0.05, 0) is 20.4 Å². The fourth-order valence-electron chi connectivity index (χ4n) is 1.71. The molecule has 0 aliphatic rings. The van der Waals surface area contributed by atoms with Gasteiger partial charge in [0.05, 0.1) is 19.0 Å². The van der Waals surface area contributed by atoms with Crippen LogP contribution in [0.4, 0.5) is 0 Å². The molecule has 0 aliphatic carbocycles. The zero-order valence-electron chi connectivity index (χ0n) is 13.0. The molecule has 1 N–H and O–H groups in total. The van der Waals surface area contributed by atoms with Gasteiger partial charge in [-0.3, -0.25) is 14.5 Å². The quantitative estimate of drug-likeness (QED) is 0.671. The maximum Gasteiger partial charge on any atom is 0.234 e. The molecule has 0 fully saturated rings. The first-order valence-electron chi connectivity index (χ1n) is 7.03. The lowest BCUT2D eigenvalue weighted by atomic mass is 10.3. The number of nitriles is 1. The number of nitrogens with zero attached hydrogens (tertiary/aromatic N) is 3. The summed E-state index contributed by atoms with van der Waals surface area (Å²) in [5.74, 6) is -0.0184. The van der Waals surface area contributed by atoms with Gasteiger partial charge in [-0.25, -0.2) is 0 Å². The van der Waals surface area contributed by atoms with E-state index in [1.165, 1.54) is 0 Å². The van der Waals surface area contributed by atoms with Gasteiger partial charge in [0.1, 0.15) is 0 Å². The standard InChI is InChI=1S/C14H26N4O2/c1-5-18(11-13(19)16-12(2)3)10-7-14(20)17(4)9-6-8-15/h12H,5-7,9-11H2,1-4H3,(H,16,19). The van der Waals surface area contributed by atoms with Crippen LogP contribution in [0.2, 0.25) is 0 Å². The lowest BCUT2D eigenvalue weighted by Gasteiger charge is -2.22. The first-order chi connectivity index (χ1) is 9.40. The number of hydrogen-bond donors (Lipinski definition) is 1. The van der Waals surface area contributed by atoms with Crippen LogP contribution in [-0.4, -0.2) is 60.9 Å². The Labute approximate surface area is 121 Å². The first-order valence-corrected chi connectivity index (χ1v) is 7.03. The van der Waals surface area contributed by atoms with Crippen molar-refractivity contribution in [2.24, 2.45) is 0 Å². The van der Waals surface area contributed by atoms with Crippen molar-refractivity contribution in [2.45, 2.75) is 39.7 Å². The predicted octanol–water partition coefficient (Wildman–Crippen LogP) is 0.595. The van der Waals surface area contributed by atoms with Crippen LogP contribution in [0.1, 0.15) is 33.6 Å². The van der Waals surface area contributed by atoms with Crippen molar-refractivity contribution in [3.63, 3.8) is 0 Å². The van der Waals surface area contributed by atoms with Crippen molar-refractivity contribution in [3.8, 4) is 6.07 Å². The molecule has 6 nitrogen and oxygen atoms in total. The molecular weight excluding hydrogens is 256 g/mol. The topological polar surface area (TPSA) is 76.4 Å². The van der Waals surface area contributed by atoms with Gasteiger partial charge in [0.15, 0.2) is 0 Å². The molecule has 0 rings (SSSR count). The molecule has 20 heavy (non-hydrogen) atoms. The molecule has 0 aliphatic heterocycles. The predicted molar refractivity (Wildman–Crippen MR) is 77.9 cm³/mol. The van der Waals surface area contributed by atoms with Crippen LogP contribution in [0, 0.1) is 11.3 Å². The highest BCUT2D eigenvalue weighted by atomic mass is 16.2. The van der Waals surface area contributed by atoms with E-state index in [2.05, 4.69) is 5.32 Å². The van der Waals surface area contributed by atoms with Crippen LogP contribution < -0.4 is 5.32 Å². The Hall–Kier alpha value is -1.61. The largest absolute Gasteiger partial charge is 0.353 e. The number of rotatable bonds is 9. The van der Waals surface area contributed by atoms with E-state index in [0.29, 0.717) is 32.5 Å². The Kier molecular flexibility index (Phi) is 9.39. The average Bonchev–Trinajstić information content (AvgIpc) is 2.39. The number of hydrogen-bond acceptors (Lipinski definition) is 4. The lowest BCUT2D eigenvalue weighted by Crippen LogP contribution is -2.41. The van der Waals surface area contributed by atoms with Gasteiger partial charge in [-0.15, -0.1) is 0 Å². The van der Waals surface area contributed by atoms with Crippen molar-refractivity contribution in [1.29, 1.82) is 5.26 Å². The minimum Gasteiger partial charge on any atom is -0.353 e. The van der Waals surface area contributed by atoms with E-state index in [9.17, 15) is 9.59 Å². The van der Waals surface area contributed by atoms with Crippen LogP contribution in [0.15, 0.2) is 0 Å². The maximum atomic E-state index is 11.8. The second kappa shape index (κ2) is 10.2. The second-order valence-corrected chi connectivity index (χ2v) is 5.06. The molecule has 0 unspecified atom stereocenters. The highest BCUT2D eigenvalue weighted by Gasteiger charge is 2.13. The number of nitrogens with one attached hydrogen (secondary N) is 1. The molecule has 6 heteroatoms. The molecule has 2 amide bonds. The molecule has 0 saturated carbocycles. The Balaban J connectivity index is 4.09. The SMILES string of the molecule is CCN(CCC(=O)N(C)CCC#N)CC(=O)NC(C)C. The minimum absolute atomic E-state index is 0.00275. The van der Waals surface area contributed by atoms with Crippen LogP contribution >= 0.6 is 0 Å². The van der Waals surface area contributed by atoms with Crippen LogP contribution in [0.25, 0.3) is 0 Å². The Morgan fingerprint density at radius 2 is 1.95 bits per heavy atom. The van der Waals surface area contributed by atoms with Gasteiger partial charge in [0.25, 0.3) is 0 Å². The summed E-state index contributed by atoms with van der Waals surface area (Å²) in [6.45, 7) is 7.84. The lowest BCUT2D eigenvalue weighted by molar-refractivity contribution is -0.131. The van der Waals surface area contributed by atoms with Gasteiger partial charge < -0.3 is 10.2 Å². The third kappa shape index (κ3) is 8.48. The summed E-state index contributed by atoms with van der Waals surface area (Å²) in [5, 5.41) is 11.3. The molecule has 0 aromatic heterocycles. The zero-order chi connectivity index (χ0) is 15.5. The first kappa shape index (κ1) is 18.4. The molecular formula is C14H26N4O2. The molecule has 0 bridgehead atoms. The molecule has 0 aromatic carbocycles. The van der Waals surface area contributed by atoms with Gasteiger partial charge in [-0.2, -0.15) is 5.26 Å². The van der Waals surface area contributed by atoms with Gasteiger partial charge in [0, 0.05) is 32.6 Å². The van der Waals surface area contributed by atoms with Gasteiger partial charge in [-0.1, -0.05) is 6.92 Å². The minimum atomic E-state index is -0.0212. The van der Waals surface area contributed by atoms with E-state index < -0.39 is 0 Å². The smallest absolute Gasteiger partial charge is 0.234 e. The van der Waals surface area contributed by atoms with E-state index in [-0.39, 0.29) is 17.9 Å². The van der Waals surface area contributed by atoms with Crippen molar-refractivity contribution in [2.75, 3.05) is 33.2 Å². The third-order valence-corrected chi connectivity index (χ3v) is 2.89. The summed E-state index contributed by atoms with van der Waals surface area (Å²) in [4.78, 5) is 27.0. The van der Waals surface area contributed by atoms with E-state index in [0.717, 1.165) is 6.54 Å². The van der Waals surface area contributed by atoms with Crippen LogP contribution in [-0.2, 0) is 9.59 Å². The van der Waals surface area contributed by atoms with E-state index in [1.54, 1.807) is 11.9 Å². The monoisotopic (exact) mass is 282 g/mol. The highest BCUT2D eigenvalue weighted by Crippen LogP contribution is 1.97. The molecule has 0 radical (unpaired) electrons. The highest BCUT2D eigenvalue weighted by molar-refractivity contribution is 5.78. The summed E-state index contributed by atoms with van der Waals surface area (Å²) in [5.41, 5.74) is 0. The molecule has 0 saturated heterocycles. The Morgan fingerprint density at radius 1 is 1.30 bits per heavy atom. The number of carbonyl (C=O) groups is 2. The summed E-state index contributed by atoms with van der Waals surface area (Å²) < 4.78 is 0. The zero-order valence-corrected chi connectivity index (χ0v) is 13.0. The van der Waals surface area contributed by atoms with Crippen molar-refractivity contribution >= 4 is 11.8 Å². The Morgan fingerprint density at radius 3 is 2.45 bits per heavy atom. The summed E-state index contributed by atoms with van der Waals surface area (Å²) in [6.07, 6.45) is 0.710.